The second kappa shape index (κ2) is 5.85. The van der Waals surface area contributed by atoms with Gasteiger partial charge in [0.25, 0.3) is 0 Å². The highest BCUT2D eigenvalue weighted by Gasteiger charge is 2.37. The molecule has 2 N–H and O–H groups in total. The molecule has 0 radical (unpaired) electrons. The van der Waals surface area contributed by atoms with Crippen molar-refractivity contribution in [2.75, 3.05) is 28.7 Å². The molecule has 1 amide bonds. The Labute approximate surface area is 130 Å². The Hall–Kier alpha value is -1.27. The molecule has 116 valence electrons. The molecule has 2 aliphatic heterocycles. The van der Waals surface area contributed by atoms with Crippen LogP contribution in [0.25, 0.3) is 0 Å². The van der Waals surface area contributed by atoms with Crippen molar-refractivity contribution in [1.82, 2.24) is 0 Å². The highest BCUT2D eigenvalue weighted by atomic mass is 35.5. The van der Waals surface area contributed by atoms with Crippen LogP contribution in [0.3, 0.4) is 0 Å². The lowest BCUT2D eigenvalue weighted by Gasteiger charge is -2.31. The SMILES string of the molecule is Cl.Nc1cccc2c1CCCN2C(=O)C1CCS(=O)(=O)C1. The van der Waals surface area contributed by atoms with Gasteiger partial charge in [0.05, 0.1) is 17.4 Å². The van der Waals surface area contributed by atoms with Crippen molar-refractivity contribution in [3.63, 3.8) is 0 Å². The van der Waals surface area contributed by atoms with Crippen molar-refractivity contribution in [1.29, 1.82) is 0 Å². The predicted octanol–water partition coefficient (Wildman–Crippen LogP) is 1.40. The molecule has 2 aliphatic rings. The van der Waals surface area contributed by atoms with Crippen molar-refractivity contribution in [3.8, 4) is 0 Å². The van der Waals surface area contributed by atoms with E-state index in [0.717, 1.165) is 24.1 Å². The van der Waals surface area contributed by atoms with E-state index in [0.29, 0.717) is 18.7 Å². The summed E-state index contributed by atoms with van der Waals surface area (Å²) in [5, 5.41) is 0. The van der Waals surface area contributed by atoms with Crippen LogP contribution < -0.4 is 10.6 Å². The molecule has 1 atom stereocenters. The molecule has 0 spiro atoms. The Kier molecular flexibility index (Phi) is 4.49. The van der Waals surface area contributed by atoms with Crippen LogP contribution in [0.4, 0.5) is 11.4 Å². The molecule has 1 unspecified atom stereocenters. The maximum Gasteiger partial charge on any atom is 0.231 e. The predicted molar refractivity (Wildman–Crippen MR) is 85.5 cm³/mol. The van der Waals surface area contributed by atoms with Gasteiger partial charge in [-0.2, -0.15) is 0 Å². The summed E-state index contributed by atoms with van der Waals surface area (Å²) in [5.74, 6) is -0.355. The number of rotatable bonds is 1. The Bertz CT molecular complexity index is 660. The average molecular weight is 331 g/mol. The van der Waals surface area contributed by atoms with Gasteiger partial charge in [-0.05, 0) is 37.0 Å². The lowest BCUT2D eigenvalue weighted by Crippen LogP contribution is -2.40. The zero-order chi connectivity index (χ0) is 14.3. The van der Waals surface area contributed by atoms with Crippen molar-refractivity contribution < 1.29 is 13.2 Å². The highest BCUT2D eigenvalue weighted by Crippen LogP contribution is 2.33. The minimum absolute atomic E-state index is 0. The first-order valence-corrected chi connectivity index (χ1v) is 8.69. The number of hydrogen-bond donors (Lipinski definition) is 1. The maximum absolute atomic E-state index is 12.6. The molecular weight excluding hydrogens is 312 g/mol. The molecule has 21 heavy (non-hydrogen) atoms. The molecule has 0 aromatic heterocycles. The van der Waals surface area contributed by atoms with Gasteiger partial charge in [-0.25, -0.2) is 8.42 Å². The third kappa shape index (κ3) is 3.01. The molecule has 5 nitrogen and oxygen atoms in total. The van der Waals surface area contributed by atoms with Gasteiger partial charge in [-0.1, -0.05) is 6.07 Å². The quantitative estimate of drug-likeness (QED) is 0.789. The Morgan fingerprint density at radius 3 is 2.76 bits per heavy atom. The lowest BCUT2D eigenvalue weighted by atomic mass is 9.98. The van der Waals surface area contributed by atoms with E-state index >= 15 is 0 Å². The largest absolute Gasteiger partial charge is 0.398 e. The fourth-order valence-electron chi connectivity index (χ4n) is 3.09. The molecule has 2 heterocycles. The number of nitrogens with two attached hydrogens (primary N) is 1. The van der Waals surface area contributed by atoms with E-state index in [1.165, 1.54) is 0 Å². The second-order valence-corrected chi connectivity index (χ2v) is 7.77. The number of carbonyl (C=O) groups is 1. The number of carbonyl (C=O) groups excluding carboxylic acids is 1. The van der Waals surface area contributed by atoms with Gasteiger partial charge in [-0.3, -0.25) is 4.79 Å². The molecule has 0 bridgehead atoms. The van der Waals surface area contributed by atoms with E-state index in [1.54, 1.807) is 4.90 Å². The number of nitrogens with zero attached hydrogens (tertiary/aromatic N) is 1. The topological polar surface area (TPSA) is 80.5 Å². The Morgan fingerprint density at radius 1 is 1.33 bits per heavy atom. The van der Waals surface area contributed by atoms with Crippen LogP contribution in [0.5, 0.6) is 0 Å². The second-order valence-electron chi connectivity index (χ2n) is 5.54. The summed E-state index contributed by atoms with van der Waals surface area (Å²) in [6, 6.07) is 5.57. The number of amides is 1. The van der Waals surface area contributed by atoms with Crippen LogP contribution in [0.15, 0.2) is 18.2 Å². The van der Waals surface area contributed by atoms with E-state index in [2.05, 4.69) is 0 Å². The molecular formula is C14H19ClN2O3S. The number of hydrogen-bond acceptors (Lipinski definition) is 4. The number of benzene rings is 1. The fourth-order valence-corrected chi connectivity index (χ4v) is 4.82. The molecule has 7 heteroatoms. The van der Waals surface area contributed by atoms with Gasteiger partial charge in [0.1, 0.15) is 0 Å². The minimum Gasteiger partial charge on any atom is -0.398 e. The Balaban J connectivity index is 0.00000161. The zero-order valence-electron chi connectivity index (χ0n) is 11.6. The normalized spacial score (nSPS) is 23.2. The van der Waals surface area contributed by atoms with Crippen molar-refractivity contribution >= 4 is 39.5 Å². The van der Waals surface area contributed by atoms with Crippen LogP contribution in [0.2, 0.25) is 0 Å². The summed E-state index contributed by atoms with van der Waals surface area (Å²) in [7, 11) is -3.04. The van der Waals surface area contributed by atoms with E-state index in [-0.39, 0.29) is 29.8 Å². The third-order valence-corrected chi connectivity index (χ3v) is 5.90. The molecule has 1 fully saturated rings. The standard InChI is InChI=1S/C14H18N2O3S.ClH/c15-12-4-1-5-13-11(12)3-2-7-16(13)14(17)10-6-8-20(18,19)9-10;/h1,4-5,10H,2-3,6-9,15H2;1H. The van der Waals surface area contributed by atoms with Gasteiger partial charge in [0.2, 0.25) is 5.91 Å². The van der Waals surface area contributed by atoms with Gasteiger partial charge < -0.3 is 10.6 Å². The van der Waals surface area contributed by atoms with E-state index in [4.69, 9.17) is 5.73 Å². The number of sulfone groups is 1. The smallest absolute Gasteiger partial charge is 0.231 e. The molecule has 0 saturated carbocycles. The van der Waals surface area contributed by atoms with Crippen molar-refractivity contribution in [2.24, 2.45) is 5.92 Å². The summed E-state index contributed by atoms with van der Waals surface area (Å²) in [6.07, 6.45) is 2.18. The van der Waals surface area contributed by atoms with Gasteiger partial charge in [-0.15, -0.1) is 12.4 Å². The summed E-state index contributed by atoms with van der Waals surface area (Å²) in [5.41, 5.74) is 8.53. The fraction of sp³-hybridized carbons (Fsp3) is 0.500. The monoisotopic (exact) mass is 330 g/mol. The van der Waals surface area contributed by atoms with Gasteiger partial charge in [0, 0.05) is 17.9 Å². The number of anilines is 2. The number of fused-ring (bicyclic) bond motifs is 1. The minimum atomic E-state index is -3.04. The number of nitrogen functional groups attached to an aromatic ring is 1. The first kappa shape index (κ1) is 16.1. The molecule has 0 aliphatic carbocycles. The van der Waals surface area contributed by atoms with Crippen molar-refractivity contribution in [3.05, 3.63) is 23.8 Å². The molecule has 3 rings (SSSR count). The van der Waals surface area contributed by atoms with E-state index in [9.17, 15) is 13.2 Å². The summed E-state index contributed by atoms with van der Waals surface area (Å²) < 4.78 is 23.1. The molecule has 1 aromatic rings. The first-order chi connectivity index (χ1) is 9.48. The lowest BCUT2D eigenvalue weighted by molar-refractivity contribution is -0.121. The zero-order valence-corrected chi connectivity index (χ0v) is 13.3. The summed E-state index contributed by atoms with van der Waals surface area (Å²) >= 11 is 0. The molecule has 1 saturated heterocycles. The van der Waals surface area contributed by atoms with Crippen LogP contribution >= 0.6 is 12.4 Å². The Morgan fingerprint density at radius 2 is 2.10 bits per heavy atom. The average Bonchev–Trinajstić information content (AvgIpc) is 2.78. The summed E-state index contributed by atoms with van der Waals surface area (Å²) in [4.78, 5) is 14.3. The van der Waals surface area contributed by atoms with Gasteiger partial charge in [0.15, 0.2) is 9.84 Å². The van der Waals surface area contributed by atoms with Crippen LogP contribution in [-0.4, -0.2) is 32.4 Å². The third-order valence-electron chi connectivity index (χ3n) is 4.13. The van der Waals surface area contributed by atoms with Crippen LogP contribution in [0.1, 0.15) is 18.4 Å². The van der Waals surface area contributed by atoms with Gasteiger partial charge >= 0.3 is 0 Å². The number of halogens is 1. The molecule has 1 aromatic carbocycles. The van der Waals surface area contributed by atoms with E-state index in [1.807, 2.05) is 18.2 Å². The van der Waals surface area contributed by atoms with Crippen LogP contribution in [-0.2, 0) is 21.1 Å². The summed E-state index contributed by atoms with van der Waals surface area (Å²) in [6.45, 7) is 0.645. The van der Waals surface area contributed by atoms with E-state index < -0.39 is 15.8 Å². The van der Waals surface area contributed by atoms with Crippen molar-refractivity contribution in [2.45, 2.75) is 19.3 Å². The maximum atomic E-state index is 12.6. The first-order valence-electron chi connectivity index (χ1n) is 6.87. The highest BCUT2D eigenvalue weighted by molar-refractivity contribution is 7.91. The van der Waals surface area contributed by atoms with Crippen LogP contribution in [0, 0.1) is 5.92 Å².